The molecule has 0 radical (unpaired) electrons. The van der Waals surface area contributed by atoms with E-state index in [0.717, 1.165) is 32.1 Å². The molecule has 0 aromatic heterocycles. The number of hydrogen-bond donors (Lipinski definition) is 1. The average molecular weight is 375 g/mol. The number of aliphatic hydroxyl groups is 1. The molecule has 6 atom stereocenters. The van der Waals surface area contributed by atoms with Gasteiger partial charge in [-0.1, -0.05) is 19.4 Å². The van der Waals surface area contributed by atoms with Gasteiger partial charge in [0.15, 0.2) is 5.78 Å². The molecule has 150 valence electrons. The normalized spacial score (nSPS) is 43.4. The van der Waals surface area contributed by atoms with Crippen molar-refractivity contribution in [3.63, 3.8) is 0 Å². The van der Waals surface area contributed by atoms with E-state index >= 15 is 0 Å². The summed E-state index contributed by atoms with van der Waals surface area (Å²) in [7, 11) is 0. The Balaban J connectivity index is 1.51. The molecule has 0 aromatic rings. The number of ketones is 1. The van der Waals surface area contributed by atoms with Gasteiger partial charge in [-0.2, -0.15) is 0 Å². The highest BCUT2D eigenvalue weighted by atomic mass is 16.5. The number of carbonyl (C=O) groups excluding carboxylic acids is 2. The van der Waals surface area contributed by atoms with Crippen LogP contribution in [0.4, 0.5) is 0 Å². The van der Waals surface area contributed by atoms with Crippen LogP contribution in [0.15, 0.2) is 11.6 Å². The van der Waals surface area contributed by atoms with Crippen molar-refractivity contribution in [2.75, 3.05) is 6.61 Å². The minimum atomic E-state index is -0.148. The summed E-state index contributed by atoms with van der Waals surface area (Å²) in [5.41, 5.74) is 1.71. The maximum absolute atomic E-state index is 12.2. The predicted octanol–water partition coefficient (Wildman–Crippen LogP) is 4.20. The average Bonchev–Trinajstić information content (AvgIpc) is 2.97. The molecule has 0 unspecified atom stereocenters. The fraction of sp³-hybridized carbons (Fsp3) is 0.826. The Morgan fingerprint density at radius 3 is 2.74 bits per heavy atom. The summed E-state index contributed by atoms with van der Waals surface area (Å²) >= 11 is 0. The van der Waals surface area contributed by atoms with E-state index in [4.69, 9.17) is 9.84 Å². The maximum atomic E-state index is 12.2. The number of allylic oxidation sites excluding steroid dienone is 1. The predicted molar refractivity (Wildman–Crippen MR) is 103 cm³/mol. The summed E-state index contributed by atoms with van der Waals surface area (Å²) < 4.78 is 5.91. The highest BCUT2D eigenvalue weighted by Crippen LogP contribution is 2.65. The van der Waals surface area contributed by atoms with E-state index in [1.165, 1.54) is 18.4 Å². The Hall–Kier alpha value is -1.16. The molecule has 27 heavy (non-hydrogen) atoms. The van der Waals surface area contributed by atoms with Crippen LogP contribution in [-0.4, -0.2) is 29.6 Å². The first-order valence-corrected chi connectivity index (χ1v) is 10.9. The number of esters is 1. The van der Waals surface area contributed by atoms with Crippen LogP contribution in [0.5, 0.6) is 0 Å². The van der Waals surface area contributed by atoms with Crippen LogP contribution in [0.2, 0.25) is 0 Å². The minimum Gasteiger partial charge on any atom is -0.462 e. The molecule has 0 spiro atoms. The van der Waals surface area contributed by atoms with Gasteiger partial charge in [0.05, 0.1) is 0 Å². The summed E-state index contributed by atoms with van der Waals surface area (Å²) in [6.45, 7) is 4.80. The van der Waals surface area contributed by atoms with Gasteiger partial charge < -0.3 is 9.84 Å². The van der Waals surface area contributed by atoms with Crippen LogP contribution in [0.3, 0.4) is 0 Å². The van der Waals surface area contributed by atoms with Gasteiger partial charge in [-0.05, 0) is 80.6 Å². The van der Waals surface area contributed by atoms with Gasteiger partial charge in [-0.3, -0.25) is 9.59 Å². The molecule has 4 heteroatoms. The molecule has 0 aliphatic heterocycles. The van der Waals surface area contributed by atoms with Gasteiger partial charge in [0.2, 0.25) is 0 Å². The number of hydrogen-bond acceptors (Lipinski definition) is 4. The zero-order valence-corrected chi connectivity index (χ0v) is 16.8. The Bertz CT molecular complexity index is 653. The van der Waals surface area contributed by atoms with Crippen molar-refractivity contribution in [1.29, 1.82) is 0 Å². The molecule has 4 nitrogen and oxygen atoms in total. The Morgan fingerprint density at radius 1 is 1.15 bits per heavy atom. The second-order valence-corrected chi connectivity index (χ2v) is 9.90. The number of rotatable bonds is 4. The van der Waals surface area contributed by atoms with Gasteiger partial charge >= 0.3 is 5.97 Å². The summed E-state index contributed by atoms with van der Waals surface area (Å²) in [5.74, 6) is 2.16. The summed E-state index contributed by atoms with van der Waals surface area (Å²) in [4.78, 5) is 24.1. The lowest BCUT2D eigenvalue weighted by molar-refractivity contribution is -0.160. The molecule has 0 amide bonds. The van der Waals surface area contributed by atoms with Gasteiger partial charge in [0, 0.05) is 24.9 Å². The van der Waals surface area contributed by atoms with Crippen LogP contribution in [0, 0.1) is 28.6 Å². The van der Waals surface area contributed by atoms with E-state index in [2.05, 4.69) is 13.8 Å². The zero-order chi connectivity index (χ0) is 19.2. The molecule has 3 saturated carbocycles. The van der Waals surface area contributed by atoms with Crippen molar-refractivity contribution in [2.45, 2.75) is 84.2 Å². The lowest BCUT2D eigenvalue weighted by Gasteiger charge is -2.57. The van der Waals surface area contributed by atoms with Crippen LogP contribution in [0.1, 0.15) is 78.1 Å². The zero-order valence-electron chi connectivity index (χ0n) is 16.8. The van der Waals surface area contributed by atoms with Crippen LogP contribution in [0.25, 0.3) is 0 Å². The number of aliphatic hydroxyl groups excluding tert-OH is 1. The molecule has 0 heterocycles. The standard InChI is InChI=1S/C23H34O4/c1-22-11-9-16(25)14-15(22)5-6-17-18-7-8-20(27-21(26)4-3-13-24)23(18,2)12-10-19(17)22/h14,17-20,24H,3-13H2,1-2H3/t17-,18-,19-,20-,22-,23-/m0/s1. The van der Waals surface area contributed by atoms with Crippen molar-refractivity contribution in [2.24, 2.45) is 28.6 Å². The van der Waals surface area contributed by atoms with E-state index < -0.39 is 0 Å². The van der Waals surface area contributed by atoms with E-state index in [9.17, 15) is 9.59 Å². The van der Waals surface area contributed by atoms with Crippen molar-refractivity contribution < 1.29 is 19.4 Å². The highest BCUT2D eigenvalue weighted by molar-refractivity contribution is 5.91. The molecule has 0 bridgehead atoms. The van der Waals surface area contributed by atoms with E-state index in [1.54, 1.807) is 0 Å². The quantitative estimate of drug-likeness (QED) is 0.749. The molecule has 0 aromatic carbocycles. The third kappa shape index (κ3) is 3.08. The molecular weight excluding hydrogens is 340 g/mol. The van der Waals surface area contributed by atoms with Crippen molar-refractivity contribution >= 4 is 11.8 Å². The van der Waals surface area contributed by atoms with Crippen LogP contribution in [-0.2, 0) is 14.3 Å². The maximum Gasteiger partial charge on any atom is 0.306 e. The first-order chi connectivity index (χ1) is 12.9. The van der Waals surface area contributed by atoms with Gasteiger partial charge in [0.1, 0.15) is 6.10 Å². The fourth-order valence-corrected chi connectivity index (χ4v) is 7.15. The molecule has 3 fully saturated rings. The molecule has 4 rings (SSSR count). The van der Waals surface area contributed by atoms with Crippen molar-refractivity contribution in [1.82, 2.24) is 0 Å². The molecule has 4 aliphatic rings. The second-order valence-electron chi connectivity index (χ2n) is 9.90. The lowest BCUT2D eigenvalue weighted by Crippen LogP contribution is -2.51. The molecular formula is C23H34O4. The summed E-state index contributed by atoms with van der Waals surface area (Å²) in [5, 5.41) is 8.95. The number of ether oxygens (including phenoxy) is 1. The first-order valence-electron chi connectivity index (χ1n) is 10.9. The minimum absolute atomic E-state index is 0.0346. The van der Waals surface area contributed by atoms with E-state index in [-0.39, 0.29) is 29.5 Å². The Kier molecular flexibility index (Phi) is 4.99. The summed E-state index contributed by atoms with van der Waals surface area (Å²) in [6.07, 6.45) is 11.2. The van der Waals surface area contributed by atoms with Crippen molar-refractivity contribution in [3.05, 3.63) is 11.6 Å². The third-order valence-electron chi connectivity index (χ3n) is 8.69. The monoisotopic (exact) mass is 374 g/mol. The highest BCUT2D eigenvalue weighted by Gasteiger charge is 2.59. The van der Waals surface area contributed by atoms with Crippen LogP contribution >= 0.6 is 0 Å². The van der Waals surface area contributed by atoms with E-state index in [1.807, 2.05) is 6.08 Å². The molecule has 1 N–H and O–H groups in total. The molecule has 0 saturated heterocycles. The Morgan fingerprint density at radius 2 is 1.96 bits per heavy atom. The van der Waals surface area contributed by atoms with Crippen molar-refractivity contribution in [3.8, 4) is 0 Å². The topological polar surface area (TPSA) is 63.6 Å². The van der Waals surface area contributed by atoms with Gasteiger partial charge in [0.25, 0.3) is 0 Å². The molecule has 4 aliphatic carbocycles. The van der Waals surface area contributed by atoms with Gasteiger partial charge in [-0.25, -0.2) is 0 Å². The second kappa shape index (κ2) is 7.02. The smallest absolute Gasteiger partial charge is 0.306 e. The fourth-order valence-electron chi connectivity index (χ4n) is 7.15. The van der Waals surface area contributed by atoms with Crippen LogP contribution < -0.4 is 0 Å². The number of fused-ring (bicyclic) bond motifs is 5. The first kappa shape index (κ1) is 19.2. The number of carbonyl (C=O) groups is 2. The third-order valence-corrected chi connectivity index (χ3v) is 8.69. The largest absolute Gasteiger partial charge is 0.462 e. The Labute approximate surface area is 162 Å². The SMILES string of the molecule is C[C@]12CC[C@H]3[C@@H](CCC4=CC(=O)CC[C@@]43C)[C@@H]1CC[C@@H]2OC(=O)CCCO. The summed E-state index contributed by atoms with van der Waals surface area (Å²) in [6, 6.07) is 0. The van der Waals surface area contributed by atoms with Gasteiger partial charge in [-0.15, -0.1) is 0 Å². The lowest BCUT2D eigenvalue weighted by atomic mass is 9.47. The van der Waals surface area contributed by atoms with E-state index in [0.29, 0.717) is 42.8 Å².